The first-order valence-corrected chi connectivity index (χ1v) is 7.58. The molecule has 1 heterocycles. The van der Waals surface area contributed by atoms with Crippen LogP contribution in [0.1, 0.15) is 11.1 Å². The standard InChI is InChI=1S/C19H10ClFN4/c20-16-6-5-13(7-17(16)21)14-8-18(25-19(24)15(14)10-23)12-3-1-11(9-22)2-4-12/h1-8H,(H2,24,25). The minimum Gasteiger partial charge on any atom is -0.383 e. The number of nitrogens with two attached hydrogens (primary N) is 1. The Morgan fingerprint density at radius 3 is 2.24 bits per heavy atom. The average molecular weight is 349 g/mol. The van der Waals surface area contributed by atoms with Gasteiger partial charge < -0.3 is 5.73 Å². The summed E-state index contributed by atoms with van der Waals surface area (Å²) in [5.41, 5.74) is 8.80. The maximum atomic E-state index is 13.8. The highest BCUT2D eigenvalue weighted by Crippen LogP contribution is 2.32. The van der Waals surface area contributed by atoms with E-state index >= 15 is 0 Å². The van der Waals surface area contributed by atoms with Gasteiger partial charge in [0.2, 0.25) is 0 Å². The smallest absolute Gasteiger partial charge is 0.142 e. The average Bonchev–Trinajstić information content (AvgIpc) is 2.63. The topological polar surface area (TPSA) is 86.5 Å². The maximum Gasteiger partial charge on any atom is 0.142 e. The van der Waals surface area contributed by atoms with Gasteiger partial charge in [-0.25, -0.2) is 9.37 Å². The Morgan fingerprint density at radius 2 is 1.64 bits per heavy atom. The number of hydrogen-bond acceptors (Lipinski definition) is 4. The molecule has 0 aliphatic carbocycles. The van der Waals surface area contributed by atoms with Crippen molar-refractivity contribution in [3.63, 3.8) is 0 Å². The van der Waals surface area contributed by atoms with E-state index in [2.05, 4.69) is 4.98 Å². The van der Waals surface area contributed by atoms with E-state index < -0.39 is 5.82 Å². The molecule has 3 aromatic rings. The number of benzene rings is 2. The molecular weight excluding hydrogens is 339 g/mol. The highest BCUT2D eigenvalue weighted by molar-refractivity contribution is 6.30. The molecule has 0 spiro atoms. The summed E-state index contributed by atoms with van der Waals surface area (Å²) in [4.78, 5) is 4.25. The molecule has 0 radical (unpaired) electrons. The molecular formula is C19H10ClFN4. The van der Waals surface area contributed by atoms with Gasteiger partial charge in [0, 0.05) is 11.1 Å². The fourth-order valence-electron chi connectivity index (χ4n) is 2.44. The number of nitriles is 2. The Bertz CT molecular complexity index is 1050. The number of rotatable bonds is 2. The van der Waals surface area contributed by atoms with Gasteiger partial charge in [-0.2, -0.15) is 10.5 Å². The zero-order valence-electron chi connectivity index (χ0n) is 12.8. The number of halogens is 2. The molecule has 2 N–H and O–H groups in total. The van der Waals surface area contributed by atoms with Crippen LogP contribution in [-0.4, -0.2) is 4.98 Å². The van der Waals surface area contributed by atoms with Gasteiger partial charge in [-0.1, -0.05) is 29.8 Å². The number of anilines is 1. The van der Waals surface area contributed by atoms with E-state index in [4.69, 9.17) is 22.6 Å². The predicted molar refractivity (Wildman–Crippen MR) is 93.9 cm³/mol. The Labute approximate surface area is 148 Å². The fourth-order valence-corrected chi connectivity index (χ4v) is 2.55. The van der Waals surface area contributed by atoms with Crippen LogP contribution in [0.3, 0.4) is 0 Å². The molecule has 2 aromatic carbocycles. The Balaban J connectivity index is 2.20. The Kier molecular flexibility index (Phi) is 4.35. The van der Waals surface area contributed by atoms with Crippen molar-refractivity contribution in [1.29, 1.82) is 10.5 Å². The van der Waals surface area contributed by atoms with Crippen LogP contribution in [-0.2, 0) is 0 Å². The second-order valence-electron chi connectivity index (χ2n) is 5.25. The van der Waals surface area contributed by atoms with Crippen molar-refractivity contribution in [2.45, 2.75) is 0 Å². The number of nitrogens with zero attached hydrogens (tertiary/aromatic N) is 3. The largest absolute Gasteiger partial charge is 0.383 e. The van der Waals surface area contributed by atoms with Gasteiger partial charge in [-0.3, -0.25) is 0 Å². The van der Waals surface area contributed by atoms with Crippen LogP contribution >= 0.6 is 11.6 Å². The second-order valence-corrected chi connectivity index (χ2v) is 5.65. The molecule has 0 saturated carbocycles. The van der Waals surface area contributed by atoms with Gasteiger partial charge in [0.05, 0.1) is 22.3 Å². The second kappa shape index (κ2) is 6.60. The summed E-state index contributed by atoms with van der Waals surface area (Å²) in [5.74, 6) is -0.534. The lowest BCUT2D eigenvalue weighted by Crippen LogP contribution is -2.00. The van der Waals surface area contributed by atoms with Crippen molar-refractivity contribution in [2.24, 2.45) is 0 Å². The van der Waals surface area contributed by atoms with Gasteiger partial charge in [-0.15, -0.1) is 0 Å². The summed E-state index contributed by atoms with van der Waals surface area (Å²) < 4.78 is 13.8. The third kappa shape index (κ3) is 3.14. The molecule has 6 heteroatoms. The number of aromatic nitrogens is 1. The minimum atomic E-state index is -0.585. The molecule has 0 saturated heterocycles. The van der Waals surface area contributed by atoms with E-state index in [9.17, 15) is 9.65 Å². The summed E-state index contributed by atoms with van der Waals surface area (Å²) in [5, 5.41) is 18.3. The van der Waals surface area contributed by atoms with Crippen LogP contribution in [0.2, 0.25) is 5.02 Å². The molecule has 4 nitrogen and oxygen atoms in total. The van der Waals surface area contributed by atoms with E-state index in [1.54, 1.807) is 36.4 Å². The molecule has 120 valence electrons. The van der Waals surface area contributed by atoms with Crippen molar-refractivity contribution in [2.75, 3.05) is 5.73 Å². The summed E-state index contributed by atoms with van der Waals surface area (Å²) in [7, 11) is 0. The molecule has 0 aliphatic rings. The first-order valence-electron chi connectivity index (χ1n) is 7.20. The van der Waals surface area contributed by atoms with E-state index in [1.165, 1.54) is 12.1 Å². The van der Waals surface area contributed by atoms with E-state index in [0.717, 1.165) is 5.56 Å². The lowest BCUT2D eigenvalue weighted by molar-refractivity contribution is 0.629. The monoisotopic (exact) mass is 348 g/mol. The summed E-state index contributed by atoms with van der Waals surface area (Å²) >= 11 is 5.73. The molecule has 0 fully saturated rings. The van der Waals surface area contributed by atoms with E-state index in [1.807, 2.05) is 12.1 Å². The zero-order chi connectivity index (χ0) is 18.0. The quantitative estimate of drug-likeness (QED) is 0.736. The van der Waals surface area contributed by atoms with E-state index in [0.29, 0.717) is 22.4 Å². The molecule has 0 amide bonds. The van der Waals surface area contributed by atoms with Crippen molar-refractivity contribution < 1.29 is 4.39 Å². The molecule has 25 heavy (non-hydrogen) atoms. The molecule has 0 atom stereocenters. The third-order valence-electron chi connectivity index (χ3n) is 3.70. The van der Waals surface area contributed by atoms with Gasteiger partial charge >= 0.3 is 0 Å². The maximum absolute atomic E-state index is 13.8. The van der Waals surface area contributed by atoms with Gasteiger partial charge in [0.25, 0.3) is 0 Å². The van der Waals surface area contributed by atoms with Crippen LogP contribution in [0.4, 0.5) is 10.2 Å². The summed E-state index contributed by atoms with van der Waals surface area (Å²) in [6.07, 6.45) is 0. The SMILES string of the molecule is N#Cc1ccc(-c2cc(-c3ccc(Cl)c(F)c3)c(C#N)c(N)n2)cc1. The number of pyridine rings is 1. The Morgan fingerprint density at radius 1 is 0.960 bits per heavy atom. The first kappa shape index (κ1) is 16.4. The van der Waals surface area contributed by atoms with Crippen molar-refractivity contribution >= 4 is 17.4 Å². The lowest BCUT2D eigenvalue weighted by atomic mass is 9.98. The van der Waals surface area contributed by atoms with E-state index in [-0.39, 0.29) is 16.4 Å². The van der Waals surface area contributed by atoms with Crippen molar-refractivity contribution in [1.82, 2.24) is 4.98 Å². The highest BCUT2D eigenvalue weighted by Gasteiger charge is 2.14. The first-order chi connectivity index (χ1) is 12.0. The molecule has 3 rings (SSSR count). The Hall–Kier alpha value is -3.41. The highest BCUT2D eigenvalue weighted by atomic mass is 35.5. The van der Waals surface area contributed by atoms with Crippen LogP contribution in [0.5, 0.6) is 0 Å². The fraction of sp³-hybridized carbons (Fsp3) is 0. The van der Waals surface area contributed by atoms with Gasteiger partial charge in [0.1, 0.15) is 23.3 Å². The predicted octanol–water partition coefficient (Wildman–Crippen LogP) is 4.53. The molecule has 0 bridgehead atoms. The third-order valence-corrected chi connectivity index (χ3v) is 4.01. The van der Waals surface area contributed by atoms with Gasteiger partial charge in [0.15, 0.2) is 0 Å². The number of nitrogen functional groups attached to an aromatic ring is 1. The van der Waals surface area contributed by atoms with Crippen LogP contribution in [0.15, 0.2) is 48.5 Å². The lowest BCUT2D eigenvalue weighted by Gasteiger charge is -2.11. The summed E-state index contributed by atoms with van der Waals surface area (Å²) in [6, 6.07) is 16.8. The minimum absolute atomic E-state index is 0.00315. The summed E-state index contributed by atoms with van der Waals surface area (Å²) in [6.45, 7) is 0. The van der Waals surface area contributed by atoms with Crippen molar-refractivity contribution in [3.05, 3.63) is 70.5 Å². The molecule has 0 aliphatic heterocycles. The molecule has 0 unspecified atom stereocenters. The molecule has 1 aromatic heterocycles. The van der Waals surface area contributed by atoms with Crippen LogP contribution < -0.4 is 5.73 Å². The van der Waals surface area contributed by atoms with Gasteiger partial charge in [-0.05, 0) is 35.9 Å². The van der Waals surface area contributed by atoms with Crippen LogP contribution in [0, 0.1) is 28.5 Å². The van der Waals surface area contributed by atoms with Crippen LogP contribution in [0.25, 0.3) is 22.4 Å². The zero-order valence-corrected chi connectivity index (χ0v) is 13.5. The number of hydrogen-bond donors (Lipinski definition) is 1. The van der Waals surface area contributed by atoms with Crippen molar-refractivity contribution in [3.8, 4) is 34.5 Å². The normalized spacial score (nSPS) is 10.1.